The fourth-order valence-electron chi connectivity index (χ4n) is 2.13. The fraction of sp³-hybridized carbons (Fsp3) is 0.538. The van der Waals surface area contributed by atoms with Crippen LogP contribution in [0.3, 0.4) is 0 Å². The van der Waals surface area contributed by atoms with Gasteiger partial charge in [-0.25, -0.2) is 8.42 Å². The number of nitrogens with zero attached hydrogens (tertiary/aromatic N) is 1. The van der Waals surface area contributed by atoms with Gasteiger partial charge in [0, 0.05) is 19.6 Å². The Kier molecular flexibility index (Phi) is 4.37. The smallest absolute Gasteiger partial charge is 0.243 e. The van der Waals surface area contributed by atoms with E-state index in [1.165, 1.54) is 0 Å². The van der Waals surface area contributed by atoms with Crippen LogP contribution in [0, 0.1) is 0 Å². The minimum atomic E-state index is -3.26. The Balaban J connectivity index is 2.13. The lowest BCUT2D eigenvalue weighted by atomic mass is 10.2. The van der Waals surface area contributed by atoms with Crippen molar-refractivity contribution >= 4 is 10.0 Å². The van der Waals surface area contributed by atoms with Gasteiger partial charge in [-0.05, 0) is 37.1 Å². The van der Waals surface area contributed by atoms with Crippen molar-refractivity contribution in [2.24, 2.45) is 0 Å². The Morgan fingerprint density at radius 2 is 1.78 bits per heavy atom. The van der Waals surface area contributed by atoms with E-state index >= 15 is 0 Å². The summed E-state index contributed by atoms with van der Waals surface area (Å²) in [5.74, 6) is 0. The van der Waals surface area contributed by atoms with E-state index < -0.39 is 10.0 Å². The second-order valence-electron chi connectivity index (χ2n) is 4.54. The van der Waals surface area contributed by atoms with Gasteiger partial charge in [-0.3, -0.25) is 0 Å². The maximum Gasteiger partial charge on any atom is 0.243 e. The third-order valence-electron chi connectivity index (χ3n) is 3.21. The monoisotopic (exact) mass is 268 g/mol. The zero-order valence-corrected chi connectivity index (χ0v) is 11.5. The van der Waals surface area contributed by atoms with Crippen molar-refractivity contribution in [3.63, 3.8) is 0 Å². The molecule has 1 aromatic rings. The van der Waals surface area contributed by atoms with Gasteiger partial charge in [0.2, 0.25) is 10.0 Å². The predicted octanol–water partition coefficient (Wildman–Crippen LogP) is 1.58. The third kappa shape index (κ3) is 2.91. The highest BCUT2D eigenvalue weighted by Crippen LogP contribution is 2.20. The standard InChI is InChI=1S/C13H20N2O2S/c1-2-14-11-12-5-7-13(8-6-12)18(16,17)15-9-3-4-10-15/h5-8,14H,2-4,9-11H2,1H3. The molecule has 2 rings (SSSR count). The van der Waals surface area contributed by atoms with Crippen molar-refractivity contribution < 1.29 is 8.42 Å². The molecule has 5 heteroatoms. The van der Waals surface area contributed by atoms with E-state index in [2.05, 4.69) is 5.32 Å². The second kappa shape index (κ2) is 5.82. The molecule has 0 aliphatic carbocycles. The Bertz CT molecular complexity index is 476. The Morgan fingerprint density at radius 1 is 1.17 bits per heavy atom. The van der Waals surface area contributed by atoms with E-state index in [-0.39, 0.29) is 0 Å². The minimum Gasteiger partial charge on any atom is -0.313 e. The minimum absolute atomic E-state index is 0.407. The number of sulfonamides is 1. The van der Waals surface area contributed by atoms with Crippen LogP contribution in [-0.4, -0.2) is 32.4 Å². The first-order chi connectivity index (χ1) is 8.64. The van der Waals surface area contributed by atoms with Crippen LogP contribution in [0.1, 0.15) is 25.3 Å². The molecule has 18 heavy (non-hydrogen) atoms. The summed E-state index contributed by atoms with van der Waals surface area (Å²) in [5.41, 5.74) is 1.11. The highest BCUT2D eigenvalue weighted by atomic mass is 32.2. The van der Waals surface area contributed by atoms with Gasteiger partial charge in [-0.2, -0.15) is 4.31 Å². The molecule has 0 aromatic heterocycles. The van der Waals surface area contributed by atoms with Crippen molar-refractivity contribution in [1.29, 1.82) is 0 Å². The molecule has 1 aliphatic rings. The fourth-order valence-corrected chi connectivity index (χ4v) is 3.64. The first-order valence-electron chi connectivity index (χ1n) is 6.44. The molecular weight excluding hydrogens is 248 g/mol. The van der Waals surface area contributed by atoms with Crippen LogP contribution in [0.5, 0.6) is 0 Å². The molecule has 1 saturated heterocycles. The van der Waals surface area contributed by atoms with Crippen molar-refractivity contribution in [2.75, 3.05) is 19.6 Å². The summed E-state index contributed by atoms with van der Waals surface area (Å²) in [5, 5.41) is 3.22. The zero-order valence-electron chi connectivity index (χ0n) is 10.7. The molecule has 4 nitrogen and oxygen atoms in total. The lowest BCUT2D eigenvalue weighted by molar-refractivity contribution is 0.477. The van der Waals surface area contributed by atoms with Crippen LogP contribution >= 0.6 is 0 Å². The molecule has 0 atom stereocenters. The number of benzene rings is 1. The highest BCUT2D eigenvalue weighted by molar-refractivity contribution is 7.89. The predicted molar refractivity (Wildman–Crippen MR) is 71.8 cm³/mol. The molecule has 1 aromatic carbocycles. The van der Waals surface area contributed by atoms with Gasteiger partial charge in [0.25, 0.3) is 0 Å². The van der Waals surface area contributed by atoms with Crippen molar-refractivity contribution in [3.05, 3.63) is 29.8 Å². The Hall–Kier alpha value is -0.910. The normalized spacial score (nSPS) is 17.2. The Morgan fingerprint density at radius 3 is 2.33 bits per heavy atom. The molecule has 0 amide bonds. The molecule has 0 unspecified atom stereocenters. The van der Waals surface area contributed by atoms with Crippen LogP contribution in [0.25, 0.3) is 0 Å². The van der Waals surface area contributed by atoms with Gasteiger partial charge in [0.15, 0.2) is 0 Å². The Labute approximate surface area is 109 Å². The average molecular weight is 268 g/mol. The first-order valence-corrected chi connectivity index (χ1v) is 7.88. The summed E-state index contributed by atoms with van der Waals surface area (Å²) in [6.45, 7) is 5.05. The molecule has 1 fully saturated rings. The summed E-state index contributed by atoms with van der Waals surface area (Å²) in [4.78, 5) is 0.407. The van der Waals surface area contributed by atoms with Gasteiger partial charge < -0.3 is 5.32 Å². The summed E-state index contributed by atoms with van der Waals surface area (Å²) in [6.07, 6.45) is 1.94. The first kappa shape index (κ1) is 13.5. The van der Waals surface area contributed by atoms with Crippen molar-refractivity contribution in [1.82, 2.24) is 9.62 Å². The number of hydrogen-bond donors (Lipinski definition) is 1. The third-order valence-corrected chi connectivity index (χ3v) is 5.12. The molecule has 1 aliphatic heterocycles. The summed E-state index contributed by atoms with van der Waals surface area (Å²) < 4.78 is 26.1. The lowest BCUT2D eigenvalue weighted by Crippen LogP contribution is -2.27. The van der Waals surface area contributed by atoms with Crippen LogP contribution in [0.4, 0.5) is 0 Å². The molecule has 1 heterocycles. The maximum atomic E-state index is 12.3. The van der Waals surface area contributed by atoms with Crippen molar-refractivity contribution in [3.8, 4) is 0 Å². The summed E-state index contributed by atoms with van der Waals surface area (Å²) in [6, 6.07) is 7.18. The molecule has 1 N–H and O–H groups in total. The van der Waals surface area contributed by atoms with Gasteiger partial charge >= 0.3 is 0 Å². The summed E-state index contributed by atoms with van der Waals surface area (Å²) >= 11 is 0. The second-order valence-corrected chi connectivity index (χ2v) is 6.47. The maximum absolute atomic E-state index is 12.3. The van der Waals surface area contributed by atoms with Gasteiger partial charge in [-0.1, -0.05) is 19.1 Å². The molecular formula is C13H20N2O2S. The SMILES string of the molecule is CCNCc1ccc(S(=O)(=O)N2CCCC2)cc1. The quantitative estimate of drug-likeness (QED) is 0.882. The largest absolute Gasteiger partial charge is 0.313 e. The van der Waals surface area contributed by atoms with E-state index in [0.717, 1.165) is 31.5 Å². The number of hydrogen-bond acceptors (Lipinski definition) is 3. The van der Waals surface area contributed by atoms with E-state index in [9.17, 15) is 8.42 Å². The molecule has 0 radical (unpaired) electrons. The average Bonchev–Trinajstić information content (AvgIpc) is 2.91. The van der Waals surface area contributed by atoms with Crippen LogP contribution in [0.2, 0.25) is 0 Å². The highest BCUT2D eigenvalue weighted by Gasteiger charge is 2.26. The molecule has 0 bridgehead atoms. The van der Waals surface area contributed by atoms with Crippen LogP contribution in [0.15, 0.2) is 29.2 Å². The number of nitrogens with one attached hydrogen (secondary N) is 1. The molecule has 0 saturated carbocycles. The van der Waals surface area contributed by atoms with Crippen LogP contribution < -0.4 is 5.32 Å². The van der Waals surface area contributed by atoms with Gasteiger partial charge in [0.05, 0.1) is 4.90 Å². The molecule has 100 valence electrons. The van der Waals surface area contributed by atoms with Crippen LogP contribution in [-0.2, 0) is 16.6 Å². The van der Waals surface area contributed by atoms with E-state index in [1.807, 2.05) is 19.1 Å². The lowest BCUT2D eigenvalue weighted by Gasteiger charge is -2.15. The van der Waals surface area contributed by atoms with Crippen molar-refractivity contribution in [2.45, 2.75) is 31.2 Å². The van der Waals surface area contributed by atoms with E-state index in [1.54, 1.807) is 16.4 Å². The van der Waals surface area contributed by atoms with E-state index in [0.29, 0.717) is 18.0 Å². The topological polar surface area (TPSA) is 49.4 Å². The molecule has 0 spiro atoms. The number of rotatable bonds is 5. The van der Waals surface area contributed by atoms with E-state index in [4.69, 9.17) is 0 Å². The summed E-state index contributed by atoms with van der Waals surface area (Å²) in [7, 11) is -3.26. The van der Waals surface area contributed by atoms with Gasteiger partial charge in [0.1, 0.15) is 0 Å². The zero-order chi connectivity index (χ0) is 13.0. The van der Waals surface area contributed by atoms with Gasteiger partial charge in [-0.15, -0.1) is 0 Å².